The van der Waals surface area contributed by atoms with Crippen molar-refractivity contribution in [2.75, 3.05) is 7.11 Å². The molecule has 96 valence electrons. The van der Waals surface area contributed by atoms with Crippen LogP contribution in [0.2, 0.25) is 0 Å². The predicted octanol–water partition coefficient (Wildman–Crippen LogP) is 2.26. The first-order valence-corrected chi connectivity index (χ1v) is 4.99. The fraction of sp³-hybridized carbons (Fsp3) is 0.273. The SMILES string of the molecule is COc1nc2cc(C(F)(F)F)cc(C)c2[nH]c1=O. The van der Waals surface area contributed by atoms with Gasteiger partial charge in [0.2, 0.25) is 0 Å². The Morgan fingerprint density at radius 2 is 2.00 bits per heavy atom. The first kappa shape index (κ1) is 12.4. The highest BCUT2D eigenvalue weighted by atomic mass is 19.4. The van der Waals surface area contributed by atoms with Crippen LogP contribution in [-0.2, 0) is 6.18 Å². The van der Waals surface area contributed by atoms with Gasteiger partial charge in [0.25, 0.3) is 5.88 Å². The predicted molar refractivity (Wildman–Crippen MR) is 58.7 cm³/mol. The zero-order valence-electron chi connectivity index (χ0n) is 9.55. The normalized spacial score (nSPS) is 11.8. The number of methoxy groups -OCH3 is 1. The van der Waals surface area contributed by atoms with Crippen molar-refractivity contribution in [2.45, 2.75) is 13.1 Å². The quantitative estimate of drug-likeness (QED) is 0.853. The van der Waals surface area contributed by atoms with Crippen molar-refractivity contribution in [2.24, 2.45) is 0 Å². The summed E-state index contributed by atoms with van der Waals surface area (Å²) in [7, 11) is 1.23. The molecule has 2 aromatic rings. The highest BCUT2D eigenvalue weighted by molar-refractivity contribution is 5.79. The number of alkyl halides is 3. The second-order valence-electron chi connectivity index (χ2n) is 3.76. The summed E-state index contributed by atoms with van der Waals surface area (Å²) in [6.07, 6.45) is -4.45. The van der Waals surface area contributed by atoms with Crippen LogP contribution >= 0.6 is 0 Å². The molecule has 0 aliphatic heterocycles. The zero-order valence-corrected chi connectivity index (χ0v) is 9.55. The van der Waals surface area contributed by atoms with E-state index in [2.05, 4.69) is 14.7 Å². The van der Waals surface area contributed by atoms with Gasteiger partial charge in [-0.1, -0.05) is 0 Å². The lowest BCUT2D eigenvalue weighted by atomic mass is 10.1. The van der Waals surface area contributed by atoms with Crippen molar-refractivity contribution in [3.8, 4) is 5.88 Å². The Hall–Kier alpha value is -2.05. The second kappa shape index (κ2) is 4.01. The number of rotatable bonds is 1. The van der Waals surface area contributed by atoms with E-state index >= 15 is 0 Å². The fourth-order valence-electron chi connectivity index (χ4n) is 1.65. The van der Waals surface area contributed by atoms with Crippen molar-refractivity contribution in [1.82, 2.24) is 9.97 Å². The van der Waals surface area contributed by atoms with Crippen LogP contribution in [0.5, 0.6) is 5.88 Å². The molecule has 1 aromatic carbocycles. The largest absolute Gasteiger partial charge is 0.477 e. The molecule has 0 bridgehead atoms. The Labute approximate surface area is 99.4 Å². The number of hydrogen-bond acceptors (Lipinski definition) is 3. The molecule has 1 N–H and O–H groups in total. The molecule has 1 heterocycles. The van der Waals surface area contributed by atoms with Gasteiger partial charge in [-0.05, 0) is 24.6 Å². The van der Waals surface area contributed by atoms with Crippen LogP contribution in [0.3, 0.4) is 0 Å². The topological polar surface area (TPSA) is 55.0 Å². The fourth-order valence-corrected chi connectivity index (χ4v) is 1.65. The number of fused-ring (bicyclic) bond motifs is 1. The minimum atomic E-state index is -4.45. The highest BCUT2D eigenvalue weighted by Gasteiger charge is 2.31. The molecule has 0 unspecified atom stereocenters. The van der Waals surface area contributed by atoms with Gasteiger partial charge in [0.05, 0.1) is 23.7 Å². The maximum absolute atomic E-state index is 12.6. The van der Waals surface area contributed by atoms with Crippen molar-refractivity contribution in [1.29, 1.82) is 0 Å². The summed E-state index contributed by atoms with van der Waals surface area (Å²) in [6, 6.07) is 1.84. The van der Waals surface area contributed by atoms with Gasteiger partial charge in [-0.25, -0.2) is 4.98 Å². The number of halogens is 3. The Kier molecular flexibility index (Phi) is 2.76. The molecule has 7 heteroatoms. The van der Waals surface area contributed by atoms with E-state index in [1.54, 1.807) is 0 Å². The monoisotopic (exact) mass is 258 g/mol. The van der Waals surface area contributed by atoms with E-state index in [4.69, 9.17) is 0 Å². The van der Waals surface area contributed by atoms with Gasteiger partial charge >= 0.3 is 11.7 Å². The van der Waals surface area contributed by atoms with Crippen molar-refractivity contribution in [3.63, 3.8) is 0 Å². The smallest absolute Gasteiger partial charge is 0.416 e. The van der Waals surface area contributed by atoms with Crippen molar-refractivity contribution >= 4 is 11.0 Å². The number of nitrogens with zero attached hydrogens (tertiary/aromatic N) is 1. The number of hydrogen-bond donors (Lipinski definition) is 1. The van der Waals surface area contributed by atoms with Gasteiger partial charge in [0.15, 0.2) is 0 Å². The van der Waals surface area contributed by atoms with E-state index in [9.17, 15) is 18.0 Å². The lowest BCUT2D eigenvalue weighted by molar-refractivity contribution is -0.137. The lowest BCUT2D eigenvalue weighted by Gasteiger charge is -2.10. The summed E-state index contributed by atoms with van der Waals surface area (Å²) in [6.45, 7) is 1.47. The van der Waals surface area contributed by atoms with E-state index in [0.29, 0.717) is 5.56 Å². The third-order valence-corrected chi connectivity index (χ3v) is 2.49. The molecule has 0 amide bonds. The highest BCUT2D eigenvalue weighted by Crippen LogP contribution is 2.32. The van der Waals surface area contributed by atoms with Gasteiger partial charge in [0.1, 0.15) is 0 Å². The van der Waals surface area contributed by atoms with Gasteiger partial charge in [-0.2, -0.15) is 13.2 Å². The second-order valence-corrected chi connectivity index (χ2v) is 3.76. The number of benzene rings is 1. The van der Waals surface area contributed by atoms with E-state index in [0.717, 1.165) is 12.1 Å². The van der Waals surface area contributed by atoms with Gasteiger partial charge in [-0.15, -0.1) is 0 Å². The minimum absolute atomic E-state index is 0.0405. The number of ether oxygens (including phenoxy) is 1. The molecular weight excluding hydrogens is 249 g/mol. The molecular formula is C11H9F3N2O2. The van der Waals surface area contributed by atoms with Crippen LogP contribution in [0.1, 0.15) is 11.1 Å². The van der Waals surface area contributed by atoms with E-state index in [1.807, 2.05) is 0 Å². The Balaban J connectivity index is 2.79. The molecule has 0 aliphatic carbocycles. The first-order valence-electron chi connectivity index (χ1n) is 4.99. The molecule has 0 spiro atoms. The summed E-state index contributed by atoms with van der Waals surface area (Å²) >= 11 is 0. The molecule has 0 atom stereocenters. The average Bonchev–Trinajstić information content (AvgIpc) is 2.28. The van der Waals surface area contributed by atoms with Gasteiger partial charge in [-0.3, -0.25) is 4.79 Å². The minimum Gasteiger partial charge on any atom is -0.477 e. The summed E-state index contributed by atoms with van der Waals surface area (Å²) in [5.41, 5.74) is -0.776. The Bertz CT molecular complexity index is 662. The van der Waals surface area contributed by atoms with Crippen molar-refractivity contribution in [3.05, 3.63) is 33.6 Å². The summed E-state index contributed by atoms with van der Waals surface area (Å²) in [5, 5.41) is 0. The molecule has 1 aromatic heterocycles. The van der Waals surface area contributed by atoms with Crippen LogP contribution < -0.4 is 10.3 Å². The van der Waals surface area contributed by atoms with E-state index in [-0.39, 0.29) is 16.9 Å². The van der Waals surface area contributed by atoms with E-state index in [1.165, 1.54) is 14.0 Å². The van der Waals surface area contributed by atoms with Crippen LogP contribution in [0.4, 0.5) is 13.2 Å². The Morgan fingerprint density at radius 3 is 2.56 bits per heavy atom. The number of aromatic amines is 1. The number of aromatic nitrogens is 2. The summed E-state index contributed by atoms with van der Waals surface area (Å²) in [4.78, 5) is 17.6. The zero-order chi connectivity index (χ0) is 13.5. The molecule has 18 heavy (non-hydrogen) atoms. The third-order valence-electron chi connectivity index (χ3n) is 2.49. The molecule has 2 rings (SSSR count). The van der Waals surface area contributed by atoms with E-state index < -0.39 is 17.3 Å². The van der Waals surface area contributed by atoms with Crippen LogP contribution in [-0.4, -0.2) is 17.1 Å². The lowest BCUT2D eigenvalue weighted by Crippen LogP contribution is -2.13. The van der Waals surface area contributed by atoms with Crippen molar-refractivity contribution < 1.29 is 17.9 Å². The molecule has 0 aliphatic rings. The number of aryl methyl sites for hydroxylation is 1. The van der Waals surface area contributed by atoms with Gasteiger partial charge in [0, 0.05) is 0 Å². The van der Waals surface area contributed by atoms with Crippen LogP contribution in [0.25, 0.3) is 11.0 Å². The maximum atomic E-state index is 12.6. The molecule has 0 fully saturated rings. The Morgan fingerprint density at radius 1 is 1.33 bits per heavy atom. The number of H-pyrrole nitrogens is 1. The maximum Gasteiger partial charge on any atom is 0.416 e. The van der Waals surface area contributed by atoms with Crippen LogP contribution in [0, 0.1) is 6.92 Å². The molecule has 0 radical (unpaired) electrons. The third kappa shape index (κ3) is 2.03. The van der Waals surface area contributed by atoms with Crippen LogP contribution in [0.15, 0.2) is 16.9 Å². The molecule has 0 saturated heterocycles. The average molecular weight is 258 g/mol. The standard InChI is InChI=1S/C11H9F3N2O2/c1-5-3-6(11(12,13)14)4-7-8(5)16-9(17)10(15-7)18-2/h3-4H,1-2H3,(H,16,17). The van der Waals surface area contributed by atoms with Gasteiger partial charge < -0.3 is 9.72 Å². The first-order chi connectivity index (χ1) is 8.32. The summed E-state index contributed by atoms with van der Waals surface area (Å²) in [5.74, 6) is -0.263. The number of nitrogens with one attached hydrogen (secondary N) is 1. The molecule has 0 saturated carbocycles. The molecule has 4 nitrogen and oxygen atoms in total. The summed E-state index contributed by atoms with van der Waals surface area (Å²) < 4.78 is 42.6.